The second-order valence-electron chi connectivity index (χ2n) is 5.04. The van der Waals surface area contributed by atoms with Gasteiger partial charge in [-0.05, 0) is 49.7 Å². The number of aryl methyl sites for hydroxylation is 1. The quantitative estimate of drug-likeness (QED) is 0.862. The number of hydrogen-bond acceptors (Lipinski definition) is 3. The van der Waals surface area contributed by atoms with Gasteiger partial charge in [0.15, 0.2) is 6.61 Å². The molecule has 0 saturated heterocycles. The summed E-state index contributed by atoms with van der Waals surface area (Å²) in [5, 5.41) is 5.45. The Morgan fingerprint density at radius 1 is 1.04 bits per heavy atom. The lowest BCUT2D eigenvalue weighted by molar-refractivity contribution is -0.118. The van der Waals surface area contributed by atoms with E-state index in [9.17, 15) is 9.59 Å². The summed E-state index contributed by atoms with van der Waals surface area (Å²) in [5.41, 5.74) is 2.16. The molecule has 0 saturated carbocycles. The summed E-state index contributed by atoms with van der Waals surface area (Å²) in [5.74, 6) is 0.307. The Balaban J connectivity index is 1.88. The predicted octanol–water partition coefficient (Wildman–Crippen LogP) is 2.76. The maximum absolute atomic E-state index is 11.9. The predicted molar refractivity (Wildman–Crippen MR) is 89.8 cm³/mol. The summed E-state index contributed by atoms with van der Waals surface area (Å²) < 4.78 is 5.49. The molecule has 0 aliphatic carbocycles. The van der Waals surface area contributed by atoms with Crippen molar-refractivity contribution in [2.45, 2.75) is 13.8 Å². The number of benzene rings is 2. The number of para-hydroxylation sites is 1. The lowest BCUT2D eigenvalue weighted by Gasteiger charge is -2.10. The third-order valence-corrected chi connectivity index (χ3v) is 3.22. The molecule has 23 heavy (non-hydrogen) atoms. The third kappa shape index (κ3) is 4.85. The largest absolute Gasteiger partial charge is 0.483 e. The van der Waals surface area contributed by atoms with Crippen LogP contribution in [0.4, 0.5) is 5.69 Å². The molecule has 2 rings (SSSR count). The standard InChI is InChI=1S/C18H20N2O3/c1-3-19-18(22)14-8-10-15(11-9-14)20-17(21)12-23-16-7-5-4-6-13(16)2/h4-11H,3,12H2,1-2H3,(H,19,22)(H,20,21). The minimum absolute atomic E-state index is 0.0665. The first-order valence-electron chi connectivity index (χ1n) is 7.46. The van der Waals surface area contributed by atoms with Crippen LogP contribution >= 0.6 is 0 Å². The molecule has 5 heteroatoms. The van der Waals surface area contributed by atoms with Gasteiger partial charge in [-0.25, -0.2) is 0 Å². The van der Waals surface area contributed by atoms with E-state index in [1.807, 2.05) is 38.1 Å². The number of carbonyl (C=O) groups is 2. The summed E-state index contributed by atoms with van der Waals surface area (Å²) in [6.45, 7) is 4.30. The van der Waals surface area contributed by atoms with Gasteiger partial charge in [-0.1, -0.05) is 18.2 Å². The first kappa shape index (κ1) is 16.5. The van der Waals surface area contributed by atoms with Crippen LogP contribution in [0.25, 0.3) is 0 Å². The van der Waals surface area contributed by atoms with Crippen molar-refractivity contribution in [2.24, 2.45) is 0 Å². The summed E-state index contributed by atoms with van der Waals surface area (Å²) in [6, 6.07) is 14.2. The third-order valence-electron chi connectivity index (χ3n) is 3.22. The van der Waals surface area contributed by atoms with Crippen molar-refractivity contribution in [2.75, 3.05) is 18.5 Å². The summed E-state index contributed by atoms with van der Waals surface area (Å²) in [6.07, 6.45) is 0. The van der Waals surface area contributed by atoms with Crippen LogP contribution in [0.5, 0.6) is 5.75 Å². The topological polar surface area (TPSA) is 67.4 Å². The van der Waals surface area contributed by atoms with Crippen LogP contribution in [-0.4, -0.2) is 25.0 Å². The summed E-state index contributed by atoms with van der Waals surface area (Å²) in [4.78, 5) is 23.6. The Hall–Kier alpha value is -2.82. The molecule has 0 heterocycles. The van der Waals surface area contributed by atoms with Crippen LogP contribution in [0.15, 0.2) is 48.5 Å². The fourth-order valence-electron chi connectivity index (χ4n) is 2.03. The number of amides is 2. The van der Waals surface area contributed by atoms with Crippen molar-refractivity contribution in [3.05, 3.63) is 59.7 Å². The molecule has 0 aromatic heterocycles. The highest BCUT2D eigenvalue weighted by atomic mass is 16.5. The Bertz CT molecular complexity index is 681. The molecule has 2 N–H and O–H groups in total. The first-order valence-corrected chi connectivity index (χ1v) is 7.46. The molecule has 0 atom stereocenters. The average molecular weight is 312 g/mol. The van der Waals surface area contributed by atoms with Gasteiger partial charge in [0, 0.05) is 17.8 Å². The number of anilines is 1. The normalized spacial score (nSPS) is 10.0. The second-order valence-corrected chi connectivity index (χ2v) is 5.04. The van der Waals surface area contributed by atoms with Crippen molar-refractivity contribution < 1.29 is 14.3 Å². The Morgan fingerprint density at radius 2 is 1.74 bits per heavy atom. The second kappa shape index (κ2) is 7.98. The van der Waals surface area contributed by atoms with E-state index in [2.05, 4.69) is 10.6 Å². The minimum Gasteiger partial charge on any atom is -0.483 e. The number of ether oxygens (including phenoxy) is 1. The Labute approximate surface area is 135 Å². The molecule has 0 aliphatic rings. The van der Waals surface area contributed by atoms with Crippen LogP contribution in [0.3, 0.4) is 0 Å². The van der Waals surface area contributed by atoms with E-state index < -0.39 is 0 Å². The van der Waals surface area contributed by atoms with Gasteiger partial charge in [0.25, 0.3) is 11.8 Å². The van der Waals surface area contributed by atoms with E-state index in [1.165, 1.54) is 0 Å². The molecule has 0 aliphatic heterocycles. The van der Waals surface area contributed by atoms with Crippen LogP contribution < -0.4 is 15.4 Å². The van der Waals surface area contributed by atoms with E-state index in [1.54, 1.807) is 24.3 Å². The molecule has 0 radical (unpaired) electrons. The summed E-state index contributed by atoms with van der Waals surface area (Å²) >= 11 is 0. The highest BCUT2D eigenvalue weighted by molar-refractivity contribution is 5.96. The monoisotopic (exact) mass is 312 g/mol. The zero-order valence-electron chi connectivity index (χ0n) is 13.3. The molecule has 2 aromatic rings. The van der Waals surface area contributed by atoms with E-state index in [4.69, 9.17) is 4.74 Å². The van der Waals surface area contributed by atoms with Gasteiger partial charge in [0.05, 0.1) is 0 Å². The smallest absolute Gasteiger partial charge is 0.262 e. The number of hydrogen-bond donors (Lipinski definition) is 2. The van der Waals surface area contributed by atoms with Gasteiger partial charge in [-0.3, -0.25) is 9.59 Å². The zero-order valence-corrected chi connectivity index (χ0v) is 13.3. The molecular weight excluding hydrogens is 292 g/mol. The van der Waals surface area contributed by atoms with Crippen LogP contribution in [0.1, 0.15) is 22.8 Å². The fourth-order valence-corrected chi connectivity index (χ4v) is 2.03. The lowest BCUT2D eigenvalue weighted by Crippen LogP contribution is -2.23. The van der Waals surface area contributed by atoms with E-state index in [0.29, 0.717) is 23.5 Å². The van der Waals surface area contributed by atoms with Gasteiger partial charge in [0.2, 0.25) is 0 Å². The van der Waals surface area contributed by atoms with E-state index in [-0.39, 0.29) is 18.4 Å². The summed E-state index contributed by atoms with van der Waals surface area (Å²) in [7, 11) is 0. The van der Waals surface area contributed by atoms with E-state index >= 15 is 0 Å². The minimum atomic E-state index is -0.251. The van der Waals surface area contributed by atoms with Crippen molar-refractivity contribution >= 4 is 17.5 Å². The van der Waals surface area contributed by atoms with Gasteiger partial charge >= 0.3 is 0 Å². The van der Waals surface area contributed by atoms with Crippen LogP contribution in [0, 0.1) is 6.92 Å². The zero-order chi connectivity index (χ0) is 16.7. The number of nitrogens with one attached hydrogen (secondary N) is 2. The maximum Gasteiger partial charge on any atom is 0.262 e. The molecule has 0 unspecified atom stereocenters. The molecule has 0 spiro atoms. The van der Waals surface area contributed by atoms with Gasteiger partial charge in [0.1, 0.15) is 5.75 Å². The van der Waals surface area contributed by atoms with Gasteiger partial charge in [-0.15, -0.1) is 0 Å². The molecule has 120 valence electrons. The van der Waals surface area contributed by atoms with E-state index in [0.717, 1.165) is 5.56 Å². The molecule has 5 nitrogen and oxygen atoms in total. The maximum atomic E-state index is 11.9. The Morgan fingerprint density at radius 3 is 2.39 bits per heavy atom. The van der Waals surface area contributed by atoms with Crippen LogP contribution in [0.2, 0.25) is 0 Å². The van der Waals surface area contributed by atoms with Crippen molar-refractivity contribution in [1.29, 1.82) is 0 Å². The van der Waals surface area contributed by atoms with Crippen molar-refractivity contribution in [3.8, 4) is 5.75 Å². The molecule has 2 amide bonds. The Kier molecular flexibility index (Phi) is 5.74. The number of carbonyl (C=O) groups excluding carboxylic acids is 2. The molecule has 2 aromatic carbocycles. The fraction of sp³-hybridized carbons (Fsp3) is 0.222. The molecule has 0 bridgehead atoms. The number of rotatable bonds is 6. The molecule has 0 fully saturated rings. The SMILES string of the molecule is CCNC(=O)c1ccc(NC(=O)COc2ccccc2C)cc1. The van der Waals surface area contributed by atoms with Crippen molar-refractivity contribution in [3.63, 3.8) is 0 Å². The highest BCUT2D eigenvalue weighted by Crippen LogP contribution is 2.16. The van der Waals surface area contributed by atoms with Gasteiger partial charge in [-0.2, -0.15) is 0 Å². The average Bonchev–Trinajstić information content (AvgIpc) is 2.55. The highest BCUT2D eigenvalue weighted by Gasteiger charge is 2.07. The molecular formula is C18H20N2O3. The lowest BCUT2D eigenvalue weighted by atomic mass is 10.2. The van der Waals surface area contributed by atoms with Crippen LogP contribution in [-0.2, 0) is 4.79 Å². The van der Waals surface area contributed by atoms with Crippen molar-refractivity contribution in [1.82, 2.24) is 5.32 Å². The van der Waals surface area contributed by atoms with Gasteiger partial charge < -0.3 is 15.4 Å². The first-order chi connectivity index (χ1) is 11.1.